The monoisotopic (exact) mass is 290 g/mol. The van der Waals surface area contributed by atoms with Crippen LogP contribution in [0.3, 0.4) is 0 Å². The number of aryl methyl sites for hydroxylation is 1. The van der Waals surface area contributed by atoms with Gasteiger partial charge in [-0.25, -0.2) is 5.43 Å². The average Bonchev–Trinajstić information content (AvgIpc) is 2.85. The summed E-state index contributed by atoms with van der Waals surface area (Å²) in [6.45, 7) is 1.73. The molecule has 0 saturated heterocycles. The number of nitrogens with zero attached hydrogens (tertiary/aromatic N) is 1. The summed E-state index contributed by atoms with van der Waals surface area (Å²) in [6, 6.07) is 6.49. The van der Waals surface area contributed by atoms with Crippen molar-refractivity contribution in [2.75, 3.05) is 0 Å². The molecule has 0 fully saturated rings. The van der Waals surface area contributed by atoms with Crippen LogP contribution in [0.4, 0.5) is 0 Å². The molecule has 1 aromatic carbocycles. The van der Waals surface area contributed by atoms with E-state index in [0.717, 1.165) is 4.88 Å². The Morgan fingerprint density at radius 1 is 1.45 bits per heavy atom. The predicted molar refractivity (Wildman–Crippen MR) is 78.3 cm³/mol. The van der Waals surface area contributed by atoms with E-state index in [-0.39, 0.29) is 23.8 Å². The lowest BCUT2D eigenvalue weighted by atomic mass is 10.1. The highest BCUT2D eigenvalue weighted by molar-refractivity contribution is 7.10. The van der Waals surface area contributed by atoms with E-state index in [2.05, 4.69) is 10.5 Å². The first-order valence-electron chi connectivity index (χ1n) is 5.93. The van der Waals surface area contributed by atoms with Crippen LogP contribution in [0, 0.1) is 6.92 Å². The molecule has 6 heteroatoms. The third kappa shape index (κ3) is 3.58. The number of phenolic OH excluding ortho intramolecular Hbond substituents is 2. The fraction of sp³-hybridized carbons (Fsp3) is 0.143. The van der Waals surface area contributed by atoms with Crippen molar-refractivity contribution in [1.29, 1.82) is 0 Å². The second kappa shape index (κ2) is 6.21. The van der Waals surface area contributed by atoms with Crippen LogP contribution in [0.2, 0.25) is 0 Å². The molecule has 0 atom stereocenters. The zero-order valence-corrected chi connectivity index (χ0v) is 11.6. The highest BCUT2D eigenvalue weighted by Crippen LogP contribution is 2.24. The number of thiophene rings is 1. The predicted octanol–water partition coefficient (Wildman–Crippen LogP) is 2.16. The van der Waals surface area contributed by atoms with Gasteiger partial charge in [-0.2, -0.15) is 5.10 Å². The zero-order chi connectivity index (χ0) is 14.5. The van der Waals surface area contributed by atoms with Gasteiger partial charge in [-0.15, -0.1) is 11.3 Å². The van der Waals surface area contributed by atoms with Crippen LogP contribution in [0.15, 0.2) is 34.7 Å². The molecule has 0 unspecified atom stereocenters. The Bertz CT molecular complexity index is 613. The summed E-state index contributed by atoms with van der Waals surface area (Å²) in [5, 5.41) is 24.7. The lowest BCUT2D eigenvalue weighted by Crippen LogP contribution is -2.19. The van der Waals surface area contributed by atoms with Gasteiger partial charge in [0.2, 0.25) is 5.91 Å². The van der Waals surface area contributed by atoms with E-state index < -0.39 is 0 Å². The van der Waals surface area contributed by atoms with Gasteiger partial charge in [0, 0.05) is 16.5 Å². The first-order chi connectivity index (χ1) is 9.56. The number of hydrazone groups is 1. The van der Waals surface area contributed by atoms with Crippen molar-refractivity contribution in [3.05, 3.63) is 45.6 Å². The van der Waals surface area contributed by atoms with E-state index in [1.807, 2.05) is 17.5 Å². The Balaban J connectivity index is 1.98. The summed E-state index contributed by atoms with van der Waals surface area (Å²) in [7, 11) is 0. The number of phenols is 2. The minimum atomic E-state index is -0.223. The first-order valence-corrected chi connectivity index (χ1v) is 6.81. The first kappa shape index (κ1) is 14.1. The summed E-state index contributed by atoms with van der Waals surface area (Å²) in [5.41, 5.74) is 3.53. The van der Waals surface area contributed by atoms with Gasteiger partial charge in [0.1, 0.15) is 11.5 Å². The third-order valence-corrected chi connectivity index (χ3v) is 3.52. The molecule has 104 valence electrons. The van der Waals surface area contributed by atoms with E-state index in [1.54, 1.807) is 6.92 Å². The summed E-state index contributed by atoms with van der Waals surface area (Å²) >= 11 is 1.51. The van der Waals surface area contributed by atoms with Crippen LogP contribution >= 0.6 is 11.3 Å². The molecule has 0 aliphatic carbocycles. The molecule has 3 N–H and O–H groups in total. The van der Waals surface area contributed by atoms with Crippen molar-refractivity contribution < 1.29 is 15.0 Å². The Labute approximate surface area is 120 Å². The molecule has 0 aliphatic rings. The molecular weight excluding hydrogens is 276 g/mol. The Morgan fingerprint density at radius 2 is 2.25 bits per heavy atom. The summed E-state index contributed by atoms with van der Waals surface area (Å²) in [5.74, 6) is -0.322. The van der Waals surface area contributed by atoms with Crippen LogP contribution in [0.25, 0.3) is 0 Å². The van der Waals surface area contributed by atoms with Crippen LogP contribution in [-0.4, -0.2) is 22.3 Å². The fourth-order valence-electron chi connectivity index (χ4n) is 1.71. The lowest BCUT2D eigenvalue weighted by Gasteiger charge is -2.04. The Morgan fingerprint density at radius 3 is 2.90 bits per heavy atom. The maximum atomic E-state index is 11.6. The smallest absolute Gasteiger partial charge is 0.245 e. The summed E-state index contributed by atoms with van der Waals surface area (Å²) in [4.78, 5) is 12.6. The number of benzene rings is 1. The number of aromatic hydroxyl groups is 2. The molecule has 1 aromatic heterocycles. The third-order valence-electron chi connectivity index (χ3n) is 2.65. The van der Waals surface area contributed by atoms with Crippen LogP contribution in [0.1, 0.15) is 16.0 Å². The standard InChI is InChI=1S/C14H14N2O3S/c1-9-5-10(17)6-13(18)12(9)8-15-16-14(19)7-11-3-2-4-20-11/h2-6,8,17-18H,7H2,1H3,(H,16,19)/b15-8-. The molecule has 1 heterocycles. The molecule has 0 aliphatic heterocycles. The second-order valence-corrected chi connectivity index (χ2v) is 5.28. The molecule has 0 radical (unpaired) electrons. The highest BCUT2D eigenvalue weighted by atomic mass is 32.1. The summed E-state index contributed by atoms with van der Waals surface area (Å²) < 4.78 is 0. The van der Waals surface area contributed by atoms with Crippen molar-refractivity contribution in [2.24, 2.45) is 5.10 Å². The van der Waals surface area contributed by atoms with Crippen molar-refractivity contribution in [1.82, 2.24) is 5.43 Å². The minimum Gasteiger partial charge on any atom is -0.508 e. The molecule has 20 heavy (non-hydrogen) atoms. The van der Waals surface area contributed by atoms with Crippen LogP contribution in [0.5, 0.6) is 11.5 Å². The van der Waals surface area contributed by atoms with E-state index in [0.29, 0.717) is 11.1 Å². The number of amides is 1. The van der Waals surface area contributed by atoms with Crippen molar-refractivity contribution in [2.45, 2.75) is 13.3 Å². The van der Waals surface area contributed by atoms with Gasteiger partial charge in [0.25, 0.3) is 0 Å². The number of carbonyl (C=O) groups excluding carboxylic acids is 1. The van der Waals surface area contributed by atoms with E-state index in [4.69, 9.17) is 0 Å². The Kier molecular flexibility index (Phi) is 4.37. The normalized spacial score (nSPS) is 10.8. The summed E-state index contributed by atoms with van der Waals surface area (Å²) in [6.07, 6.45) is 1.63. The van der Waals surface area contributed by atoms with Gasteiger partial charge in [-0.3, -0.25) is 4.79 Å². The highest BCUT2D eigenvalue weighted by Gasteiger charge is 2.06. The number of carbonyl (C=O) groups is 1. The largest absolute Gasteiger partial charge is 0.508 e. The average molecular weight is 290 g/mol. The van der Waals surface area contributed by atoms with E-state index >= 15 is 0 Å². The van der Waals surface area contributed by atoms with Gasteiger partial charge in [0.05, 0.1) is 12.6 Å². The zero-order valence-electron chi connectivity index (χ0n) is 10.8. The van der Waals surface area contributed by atoms with Crippen molar-refractivity contribution in [3.8, 4) is 11.5 Å². The van der Waals surface area contributed by atoms with Gasteiger partial charge >= 0.3 is 0 Å². The number of hydrogen-bond acceptors (Lipinski definition) is 5. The molecule has 1 amide bonds. The van der Waals surface area contributed by atoms with Crippen molar-refractivity contribution >= 4 is 23.5 Å². The number of nitrogens with one attached hydrogen (secondary N) is 1. The Hall–Kier alpha value is -2.34. The van der Waals surface area contributed by atoms with E-state index in [1.165, 1.54) is 29.7 Å². The number of rotatable bonds is 4. The van der Waals surface area contributed by atoms with Crippen LogP contribution < -0.4 is 5.43 Å². The van der Waals surface area contributed by atoms with E-state index in [9.17, 15) is 15.0 Å². The van der Waals surface area contributed by atoms with Crippen molar-refractivity contribution in [3.63, 3.8) is 0 Å². The maximum absolute atomic E-state index is 11.6. The fourth-order valence-corrected chi connectivity index (χ4v) is 2.41. The lowest BCUT2D eigenvalue weighted by molar-refractivity contribution is -0.120. The molecule has 2 rings (SSSR count). The molecule has 0 spiro atoms. The molecule has 0 bridgehead atoms. The topological polar surface area (TPSA) is 81.9 Å². The SMILES string of the molecule is Cc1cc(O)cc(O)c1/C=N\NC(=O)Cc1cccs1. The molecule has 0 saturated carbocycles. The number of hydrogen-bond donors (Lipinski definition) is 3. The van der Waals surface area contributed by atoms with Gasteiger partial charge in [-0.05, 0) is 30.0 Å². The van der Waals surface area contributed by atoms with Crippen LogP contribution in [-0.2, 0) is 11.2 Å². The molecule has 2 aromatic rings. The minimum absolute atomic E-state index is 0.0149. The quantitative estimate of drug-likeness (QED) is 0.596. The second-order valence-electron chi connectivity index (χ2n) is 4.24. The van der Waals surface area contributed by atoms with Gasteiger partial charge in [-0.1, -0.05) is 6.07 Å². The maximum Gasteiger partial charge on any atom is 0.245 e. The van der Waals surface area contributed by atoms with Gasteiger partial charge < -0.3 is 10.2 Å². The van der Waals surface area contributed by atoms with Gasteiger partial charge in [0.15, 0.2) is 0 Å². The molecule has 5 nitrogen and oxygen atoms in total. The molecular formula is C14H14N2O3S.